The van der Waals surface area contributed by atoms with Crippen LogP contribution in [0.3, 0.4) is 0 Å². The van der Waals surface area contributed by atoms with Gasteiger partial charge in [-0.3, -0.25) is 0 Å². The van der Waals surface area contributed by atoms with E-state index in [1.807, 2.05) is 11.8 Å². The highest BCUT2D eigenvalue weighted by Gasteiger charge is 2.34. The molecule has 0 aromatic carbocycles. The van der Waals surface area contributed by atoms with Crippen LogP contribution in [0.4, 0.5) is 0 Å². The second-order valence-electron chi connectivity index (χ2n) is 4.87. The van der Waals surface area contributed by atoms with Crippen LogP contribution in [-0.4, -0.2) is 12.0 Å². The Morgan fingerprint density at radius 3 is 2.53 bits per heavy atom. The van der Waals surface area contributed by atoms with Crippen LogP contribution < -0.4 is 0 Å². The molecule has 0 aromatic rings. The van der Waals surface area contributed by atoms with Gasteiger partial charge >= 0.3 is 0 Å². The maximum atomic E-state index is 9.33. The van der Waals surface area contributed by atoms with E-state index < -0.39 is 0 Å². The zero-order chi connectivity index (χ0) is 11.1. The number of rotatable bonds is 5. The van der Waals surface area contributed by atoms with Crippen molar-refractivity contribution in [3.63, 3.8) is 0 Å². The molecule has 0 unspecified atom stereocenters. The summed E-state index contributed by atoms with van der Waals surface area (Å²) < 4.78 is 0. The van der Waals surface area contributed by atoms with Gasteiger partial charge in [0, 0.05) is 0 Å². The summed E-state index contributed by atoms with van der Waals surface area (Å²) in [5.41, 5.74) is 0.0350. The molecule has 1 fully saturated rings. The molecule has 0 heterocycles. The Morgan fingerprint density at radius 1 is 1.40 bits per heavy atom. The van der Waals surface area contributed by atoms with Crippen LogP contribution in [0.25, 0.3) is 0 Å². The minimum Gasteiger partial charge on any atom is -0.198 e. The van der Waals surface area contributed by atoms with E-state index in [0.717, 1.165) is 30.9 Å². The van der Waals surface area contributed by atoms with Crippen molar-refractivity contribution < 1.29 is 0 Å². The third-order valence-electron chi connectivity index (χ3n) is 3.78. The van der Waals surface area contributed by atoms with Gasteiger partial charge in [0.1, 0.15) is 0 Å². The van der Waals surface area contributed by atoms with E-state index in [1.165, 1.54) is 25.7 Å². The van der Waals surface area contributed by atoms with Gasteiger partial charge in [-0.25, -0.2) is 0 Å². The molecule has 1 aliphatic rings. The smallest absolute Gasteiger partial charge is 0.0690 e. The largest absolute Gasteiger partial charge is 0.198 e. The first kappa shape index (κ1) is 12.9. The Labute approximate surface area is 98.6 Å². The van der Waals surface area contributed by atoms with Crippen molar-refractivity contribution in [1.29, 1.82) is 5.26 Å². The molecule has 0 saturated heterocycles. The summed E-state index contributed by atoms with van der Waals surface area (Å²) in [5.74, 6) is 2.05. The van der Waals surface area contributed by atoms with E-state index in [9.17, 15) is 5.26 Å². The maximum absolute atomic E-state index is 9.33. The van der Waals surface area contributed by atoms with Gasteiger partial charge < -0.3 is 0 Å². The lowest BCUT2D eigenvalue weighted by Gasteiger charge is -2.34. The topological polar surface area (TPSA) is 23.8 Å². The predicted molar refractivity (Wildman–Crippen MR) is 67.9 cm³/mol. The summed E-state index contributed by atoms with van der Waals surface area (Å²) in [7, 11) is 0. The normalized spacial score (nSPS) is 31.1. The van der Waals surface area contributed by atoms with Crippen LogP contribution in [0.5, 0.6) is 0 Å². The molecule has 86 valence electrons. The highest BCUT2D eigenvalue weighted by atomic mass is 32.2. The van der Waals surface area contributed by atoms with Crippen LogP contribution in [0.1, 0.15) is 51.9 Å². The lowest BCUT2D eigenvalue weighted by Crippen LogP contribution is -2.26. The van der Waals surface area contributed by atoms with Crippen molar-refractivity contribution in [1.82, 2.24) is 0 Å². The van der Waals surface area contributed by atoms with Crippen LogP contribution in [0, 0.1) is 22.7 Å². The van der Waals surface area contributed by atoms with Gasteiger partial charge in [0.05, 0.1) is 11.5 Å². The SMILES string of the molecule is CCCC1CCC(C#N)(CCSC)CC1. The fourth-order valence-electron chi connectivity index (χ4n) is 2.64. The van der Waals surface area contributed by atoms with E-state index in [0.29, 0.717) is 0 Å². The summed E-state index contributed by atoms with van der Waals surface area (Å²) >= 11 is 1.87. The lowest BCUT2D eigenvalue weighted by molar-refractivity contribution is 0.197. The van der Waals surface area contributed by atoms with Crippen molar-refractivity contribution in [3.8, 4) is 6.07 Å². The van der Waals surface area contributed by atoms with Gasteiger partial charge in [-0.05, 0) is 50.0 Å². The number of thioether (sulfide) groups is 1. The molecule has 0 spiro atoms. The first-order valence-electron chi connectivity index (χ1n) is 6.16. The highest BCUT2D eigenvalue weighted by Crippen LogP contribution is 2.42. The minimum atomic E-state index is 0.0350. The summed E-state index contributed by atoms with van der Waals surface area (Å²) in [6.07, 6.45) is 10.8. The molecule has 0 atom stereocenters. The fraction of sp³-hybridized carbons (Fsp3) is 0.923. The summed E-state index contributed by atoms with van der Waals surface area (Å²) in [5, 5.41) is 9.33. The van der Waals surface area contributed by atoms with Crippen molar-refractivity contribution >= 4 is 11.8 Å². The molecule has 1 rings (SSSR count). The molecular formula is C13H23NS. The molecule has 0 radical (unpaired) electrons. The molecular weight excluding hydrogens is 202 g/mol. The van der Waals surface area contributed by atoms with Crippen LogP contribution >= 0.6 is 11.8 Å². The quantitative estimate of drug-likeness (QED) is 0.699. The molecule has 1 nitrogen and oxygen atoms in total. The average molecular weight is 225 g/mol. The predicted octanol–water partition coefficient (Wildman–Crippen LogP) is 4.24. The maximum Gasteiger partial charge on any atom is 0.0690 e. The second-order valence-corrected chi connectivity index (χ2v) is 5.85. The number of nitriles is 1. The third-order valence-corrected chi connectivity index (χ3v) is 4.39. The van der Waals surface area contributed by atoms with Gasteiger partial charge in [-0.2, -0.15) is 17.0 Å². The molecule has 0 aliphatic heterocycles. The Balaban J connectivity index is 2.41. The molecule has 0 aromatic heterocycles. The molecule has 1 saturated carbocycles. The second kappa shape index (κ2) is 6.43. The summed E-state index contributed by atoms with van der Waals surface area (Å²) in [4.78, 5) is 0. The first-order chi connectivity index (χ1) is 7.26. The number of hydrogen-bond acceptors (Lipinski definition) is 2. The Bertz CT molecular complexity index is 211. The van der Waals surface area contributed by atoms with E-state index in [-0.39, 0.29) is 5.41 Å². The van der Waals surface area contributed by atoms with Crippen molar-refractivity contribution in [3.05, 3.63) is 0 Å². The summed E-state index contributed by atoms with van der Waals surface area (Å²) in [6, 6.07) is 2.60. The average Bonchev–Trinajstić information content (AvgIpc) is 2.29. The molecule has 0 amide bonds. The highest BCUT2D eigenvalue weighted by molar-refractivity contribution is 7.98. The molecule has 1 aliphatic carbocycles. The molecule has 2 heteroatoms. The Morgan fingerprint density at radius 2 is 2.07 bits per heavy atom. The number of hydrogen-bond donors (Lipinski definition) is 0. The van der Waals surface area contributed by atoms with Crippen molar-refractivity contribution in [2.75, 3.05) is 12.0 Å². The number of nitrogens with zero attached hydrogens (tertiary/aromatic N) is 1. The zero-order valence-corrected chi connectivity index (χ0v) is 10.9. The standard InChI is InChI=1S/C13H23NS/c1-3-4-12-5-7-13(11-14,8-6-12)9-10-15-2/h12H,3-10H2,1-2H3. The van der Waals surface area contributed by atoms with E-state index in [2.05, 4.69) is 19.2 Å². The van der Waals surface area contributed by atoms with E-state index in [4.69, 9.17) is 0 Å². The molecule has 0 bridgehead atoms. The minimum absolute atomic E-state index is 0.0350. The summed E-state index contributed by atoms with van der Waals surface area (Å²) in [6.45, 7) is 2.26. The monoisotopic (exact) mass is 225 g/mol. The lowest BCUT2D eigenvalue weighted by atomic mass is 9.69. The van der Waals surface area contributed by atoms with Crippen molar-refractivity contribution in [2.45, 2.75) is 51.9 Å². The van der Waals surface area contributed by atoms with E-state index in [1.54, 1.807) is 0 Å². The Hall–Kier alpha value is -0.160. The van der Waals surface area contributed by atoms with Gasteiger partial charge in [-0.15, -0.1) is 0 Å². The van der Waals surface area contributed by atoms with Gasteiger partial charge in [-0.1, -0.05) is 19.8 Å². The zero-order valence-electron chi connectivity index (χ0n) is 10.1. The Kier molecular flexibility index (Phi) is 5.53. The van der Waals surface area contributed by atoms with Crippen LogP contribution in [0.2, 0.25) is 0 Å². The van der Waals surface area contributed by atoms with Gasteiger partial charge in [0.2, 0.25) is 0 Å². The fourth-order valence-corrected chi connectivity index (χ4v) is 3.24. The van der Waals surface area contributed by atoms with Crippen molar-refractivity contribution in [2.24, 2.45) is 11.3 Å². The third kappa shape index (κ3) is 3.72. The van der Waals surface area contributed by atoms with Gasteiger partial charge in [0.25, 0.3) is 0 Å². The van der Waals surface area contributed by atoms with Gasteiger partial charge in [0.15, 0.2) is 0 Å². The van der Waals surface area contributed by atoms with E-state index >= 15 is 0 Å². The molecule has 0 N–H and O–H groups in total. The van der Waals surface area contributed by atoms with Crippen LogP contribution in [-0.2, 0) is 0 Å². The van der Waals surface area contributed by atoms with Crippen LogP contribution in [0.15, 0.2) is 0 Å². The molecule has 15 heavy (non-hydrogen) atoms. The first-order valence-corrected chi connectivity index (χ1v) is 7.56.